The maximum Gasteiger partial charge on any atom is 0.340 e. The summed E-state index contributed by atoms with van der Waals surface area (Å²) in [6.45, 7) is 4.00. The first-order valence-corrected chi connectivity index (χ1v) is 6.66. The second-order valence-electron chi connectivity index (χ2n) is 5.47. The van der Waals surface area contributed by atoms with Crippen LogP contribution in [0.4, 0.5) is 15.8 Å². The van der Waals surface area contributed by atoms with Crippen molar-refractivity contribution in [2.75, 3.05) is 31.2 Å². The van der Waals surface area contributed by atoms with Crippen LogP contribution in [0.3, 0.4) is 0 Å². The molecule has 0 bridgehead atoms. The molecule has 1 aromatic carbocycles. The summed E-state index contributed by atoms with van der Waals surface area (Å²) in [4.78, 5) is 13.5. The van der Waals surface area contributed by atoms with E-state index in [0.717, 1.165) is 19.5 Å². The molecule has 2 rings (SSSR count). The minimum absolute atomic E-state index is 0.161. The number of likely N-dealkylation sites (tertiary alicyclic amines) is 1. The Bertz CT molecular complexity index is 521. The highest BCUT2D eigenvalue weighted by Crippen LogP contribution is 2.28. The Morgan fingerprint density at radius 1 is 1.55 bits per heavy atom. The predicted molar refractivity (Wildman–Crippen MR) is 76.5 cm³/mol. The van der Waals surface area contributed by atoms with Gasteiger partial charge in [0.2, 0.25) is 0 Å². The average Bonchev–Trinajstić information content (AvgIpc) is 2.36. The molecule has 0 aromatic heterocycles. The van der Waals surface area contributed by atoms with Gasteiger partial charge in [0, 0.05) is 12.6 Å². The van der Waals surface area contributed by atoms with Gasteiger partial charge < -0.3 is 21.1 Å². The van der Waals surface area contributed by atoms with Crippen LogP contribution in [0.2, 0.25) is 0 Å². The third-order valence-electron chi connectivity index (χ3n) is 3.86. The van der Waals surface area contributed by atoms with Gasteiger partial charge in [-0.1, -0.05) is 6.92 Å². The molecule has 1 aliphatic heterocycles. The second kappa shape index (κ2) is 5.66. The first kappa shape index (κ1) is 14.6. The molecule has 1 saturated heterocycles. The normalized spacial score (nSPS) is 23.6. The molecule has 4 N–H and O–H groups in total. The Balaban J connectivity index is 2.25. The Morgan fingerprint density at radius 2 is 2.25 bits per heavy atom. The first-order chi connectivity index (χ1) is 9.40. The van der Waals surface area contributed by atoms with Crippen molar-refractivity contribution in [2.45, 2.75) is 19.4 Å². The van der Waals surface area contributed by atoms with Crippen molar-refractivity contribution in [2.24, 2.45) is 5.92 Å². The Morgan fingerprint density at radius 3 is 2.85 bits per heavy atom. The molecule has 20 heavy (non-hydrogen) atoms. The van der Waals surface area contributed by atoms with E-state index in [4.69, 9.17) is 5.73 Å². The number of anilines is 2. The van der Waals surface area contributed by atoms with Crippen LogP contribution in [0.25, 0.3) is 0 Å². The quantitative estimate of drug-likeness (QED) is 0.737. The highest BCUT2D eigenvalue weighted by molar-refractivity contribution is 6.00. The van der Waals surface area contributed by atoms with Crippen LogP contribution >= 0.6 is 0 Å². The van der Waals surface area contributed by atoms with Crippen LogP contribution in [0.1, 0.15) is 23.7 Å². The minimum atomic E-state index is -1.22. The van der Waals surface area contributed by atoms with E-state index in [9.17, 15) is 14.3 Å². The summed E-state index contributed by atoms with van der Waals surface area (Å²) in [5, 5.41) is 12.4. The Hall–Kier alpha value is -1.82. The molecule has 0 aliphatic carbocycles. The lowest BCUT2D eigenvalue weighted by Gasteiger charge is -2.36. The monoisotopic (exact) mass is 281 g/mol. The third-order valence-corrected chi connectivity index (χ3v) is 3.86. The molecule has 1 heterocycles. The van der Waals surface area contributed by atoms with Crippen LogP contribution in [0.5, 0.6) is 0 Å². The Kier molecular flexibility index (Phi) is 4.13. The molecular weight excluding hydrogens is 261 g/mol. The zero-order valence-corrected chi connectivity index (χ0v) is 11.7. The zero-order chi connectivity index (χ0) is 14.9. The van der Waals surface area contributed by atoms with E-state index >= 15 is 0 Å². The van der Waals surface area contributed by atoms with Gasteiger partial charge in [-0.05, 0) is 38.1 Å². The van der Waals surface area contributed by atoms with Gasteiger partial charge in [0.25, 0.3) is 0 Å². The summed E-state index contributed by atoms with van der Waals surface area (Å²) in [6.07, 6.45) is 0.911. The van der Waals surface area contributed by atoms with Gasteiger partial charge in [-0.2, -0.15) is 0 Å². The summed E-state index contributed by atoms with van der Waals surface area (Å²) < 4.78 is 13.4. The van der Waals surface area contributed by atoms with Crippen LogP contribution in [0, 0.1) is 11.7 Å². The maximum atomic E-state index is 13.4. The summed E-state index contributed by atoms with van der Waals surface area (Å²) in [7, 11) is 2.06. The highest BCUT2D eigenvalue weighted by atomic mass is 19.1. The largest absolute Gasteiger partial charge is 0.478 e. The van der Waals surface area contributed by atoms with E-state index < -0.39 is 11.8 Å². The molecule has 2 unspecified atom stereocenters. The van der Waals surface area contributed by atoms with Crippen LogP contribution in [-0.2, 0) is 0 Å². The lowest BCUT2D eigenvalue weighted by Crippen LogP contribution is -2.43. The van der Waals surface area contributed by atoms with E-state index in [1.54, 1.807) is 0 Å². The summed E-state index contributed by atoms with van der Waals surface area (Å²) >= 11 is 0. The number of piperidine rings is 1. The zero-order valence-electron chi connectivity index (χ0n) is 11.7. The number of carboxylic acid groups (broad SMARTS) is 1. The number of nitrogens with zero attached hydrogens (tertiary/aromatic N) is 1. The Labute approximate surface area is 117 Å². The molecule has 1 fully saturated rings. The maximum absolute atomic E-state index is 13.4. The van der Waals surface area contributed by atoms with Crippen molar-refractivity contribution < 1.29 is 14.3 Å². The van der Waals surface area contributed by atoms with Gasteiger partial charge in [0.1, 0.15) is 11.4 Å². The van der Waals surface area contributed by atoms with E-state index in [2.05, 4.69) is 24.2 Å². The van der Waals surface area contributed by atoms with E-state index in [1.807, 2.05) is 0 Å². The van der Waals surface area contributed by atoms with Crippen LogP contribution in [0.15, 0.2) is 12.1 Å². The van der Waals surface area contributed by atoms with Gasteiger partial charge in [-0.3, -0.25) is 0 Å². The molecule has 0 spiro atoms. The van der Waals surface area contributed by atoms with Crippen molar-refractivity contribution in [1.29, 1.82) is 0 Å². The molecule has 0 saturated carbocycles. The average molecular weight is 281 g/mol. The minimum Gasteiger partial charge on any atom is -0.478 e. The molecule has 5 nitrogen and oxygen atoms in total. The molecular formula is C14H20FN3O2. The molecule has 1 aromatic rings. The van der Waals surface area contributed by atoms with E-state index in [0.29, 0.717) is 11.6 Å². The number of carbonyl (C=O) groups is 1. The fourth-order valence-corrected chi connectivity index (χ4v) is 2.71. The number of halogens is 1. The molecule has 6 heteroatoms. The first-order valence-electron chi connectivity index (χ1n) is 6.66. The number of nitrogen functional groups attached to an aromatic ring is 1. The molecule has 2 atom stereocenters. The van der Waals surface area contributed by atoms with Crippen molar-refractivity contribution in [1.82, 2.24) is 4.90 Å². The van der Waals surface area contributed by atoms with Crippen molar-refractivity contribution in [3.63, 3.8) is 0 Å². The van der Waals surface area contributed by atoms with Gasteiger partial charge >= 0.3 is 5.97 Å². The number of rotatable bonds is 3. The van der Waals surface area contributed by atoms with Gasteiger partial charge in [0.15, 0.2) is 0 Å². The van der Waals surface area contributed by atoms with E-state index in [1.165, 1.54) is 12.1 Å². The molecule has 0 amide bonds. The number of hydrogen-bond donors (Lipinski definition) is 3. The lowest BCUT2D eigenvalue weighted by atomic mass is 9.93. The van der Waals surface area contributed by atoms with Gasteiger partial charge in [-0.25, -0.2) is 9.18 Å². The second-order valence-corrected chi connectivity index (χ2v) is 5.47. The standard InChI is InChI=1S/C14H20FN3O2/c1-8-7-18(2)6-5-10(8)17-11-4-3-9(15)13(16)12(11)14(19)20/h3-4,8,10,17H,5-7,16H2,1-2H3,(H,19,20). The topological polar surface area (TPSA) is 78.6 Å². The smallest absolute Gasteiger partial charge is 0.340 e. The summed E-state index contributed by atoms with van der Waals surface area (Å²) in [5.74, 6) is -1.55. The highest BCUT2D eigenvalue weighted by Gasteiger charge is 2.26. The van der Waals surface area contributed by atoms with Crippen molar-refractivity contribution in [3.05, 3.63) is 23.5 Å². The number of benzene rings is 1. The number of hydrogen-bond acceptors (Lipinski definition) is 4. The summed E-state index contributed by atoms with van der Waals surface area (Å²) in [6, 6.07) is 2.80. The van der Waals surface area contributed by atoms with Crippen molar-refractivity contribution >= 4 is 17.3 Å². The lowest BCUT2D eigenvalue weighted by molar-refractivity contribution is 0.0698. The van der Waals surface area contributed by atoms with Crippen LogP contribution < -0.4 is 11.1 Å². The summed E-state index contributed by atoms with van der Waals surface area (Å²) in [5.41, 5.74) is 5.43. The van der Waals surface area contributed by atoms with Crippen LogP contribution in [-0.4, -0.2) is 42.2 Å². The number of aromatic carboxylic acids is 1. The fourth-order valence-electron chi connectivity index (χ4n) is 2.71. The van der Waals surface area contributed by atoms with Gasteiger partial charge in [-0.15, -0.1) is 0 Å². The number of nitrogens with one attached hydrogen (secondary N) is 1. The third kappa shape index (κ3) is 2.85. The molecule has 0 radical (unpaired) electrons. The predicted octanol–water partition coefficient (Wildman–Crippen LogP) is 1.86. The van der Waals surface area contributed by atoms with Crippen molar-refractivity contribution in [3.8, 4) is 0 Å². The SMILES string of the molecule is CC1CN(C)CCC1Nc1ccc(F)c(N)c1C(=O)O. The number of carboxylic acids is 1. The fraction of sp³-hybridized carbons (Fsp3) is 0.500. The van der Waals surface area contributed by atoms with Gasteiger partial charge in [0.05, 0.1) is 11.4 Å². The van der Waals surface area contributed by atoms with E-state index in [-0.39, 0.29) is 17.3 Å². The molecule has 110 valence electrons. The number of nitrogens with two attached hydrogens (primary N) is 1. The molecule has 1 aliphatic rings.